The average molecular weight is 249 g/mol. The first kappa shape index (κ1) is 12.3. The molecule has 84 valence electrons. The zero-order valence-corrected chi connectivity index (χ0v) is 10.7. The lowest BCUT2D eigenvalue weighted by Crippen LogP contribution is -2.02. The molecule has 1 aromatic rings. The monoisotopic (exact) mass is 248 g/mol. The molecule has 0 heterocycles. The van der Waals surface area contributed by atoms with Crippen molar-refractivity contribution in [2.75, 3.05) is 7.11 Å². The molecule has 1 rings (SSSR count). The highest BCUT2D eigenvalue weighted by molar-refractivity contribution is 8.13. The van der Waals surface area contributed by atoms with Crippen LogP contribution >= 0.6 is 10.7 Å². The highest BCUT2D eigenvalue weighted by atomic mass is 35.7. The lowest BCUT2D eigenvalue weighted by Gasteiger charge is -2.13. The Kier molecular flexibility index (Phi) is 3.31. The van der Waals surface area contributed by atoms with Crippen LogP contribution < -0.4 is 4.74 Å². The highest BCUT2D eigenvalue weighted by Crippen LogP contribution is 2.32. The minimum Gasteiger partial charge on any atom is -0.496 e. The number of methoxy groups -OCH3 is 1. The number of hydrogen-bond acceptors (Lipinski definition) is 3. The van der Waals surface area contributed by atoms with Crippen LogP contribution in [0.2, 0.25) is 0 Å². The molecule has 0 aliphatic carbocycles. The van der Waals surface area contributed by atoms with Gasteiger partial charge in [0, 0.05) is 16.2 Å². The second-order valence-electron chi connectivity index (χ2n) is 3.41. The SMILES string of the molecule is COc1cc(C)c(C)c(S(=O)(=O)Cl)c1C. The van der Waals surface area contributed by atoms with Crippen LogP contribution in [0.4, 0.5) is 0 Å². The Hall–Kier alpha value is -0.740. The smallest absolute Gasteiger partial charge is 0.261 e. The number of halogens is 1. The molecule has 0 amide bonds. The van der Waals surface area contributed by atoms with Crippen LogP contribution in [-0.2, 0) is 9.05 Å². The summed E-state index contributed by atoms with van der Waals surface area (Å²) in [5.41, 5.74) is 2.07. The molecule has 0 unspecified atom stereocenters. The van der Waals surface area contributed by atoms with Gasteiger partial charge in [-0.25, -0.2) is 8.42 Å². The van der Waals surface area contributed by atoms with Crippen molar-refractivity contribution in [1.82, 2.24) is 0 Å². The van der Waals surface area contributed by atoms with E-state index >= 15 is 0 Å². The van der Waals surface area contributed by atoms with Crippen LogP contribution in [0.3, 0.4) is 0 Å². The molecule has 0 spiro atoms. The van der Waals surface area contributed by atoms with Crippen molar-refractivity contribution in [2.45, 2.75) is 25.7 Å². The molecule has 15 heavy (non-hydrogen) atoms. The molecule has 0 radical (unpaired) electrons. The van der Waals surface area contributed by atoms with Gasteiger partial charge in [0.05, 0.1) is 12.0 Å². The predicted molar refractivity (Wildman–Crippen MR) is 60.2 cm³/mol. The van der Waals surface area contributed by atoms with E-state index in [1.54, 1.807) is 19.9 Å². The number of rotatable bonds is 2. The Morgan fingerprint density at radius 3 is 2.13 bits per heavy atom. The Balaban J connectivity index is 3.70. The summed E-state index contributed by atoms with van der Waals surface area (Å²) in [6.07, 6.45) is 0. The van der Waals surface area contributed by atoms with Crippen molar-refractivity contribution >= 4 is 19.7 Å². The fourth-order valence-corrected chi connectivity index (χ4v) is 3.25. The van der Waals surface area contributed by atoms with E-state index in [4.69, 9.17) is 15.4 Å². The Bertz CT molecular complexity index is 492. The van der Waals surface area contributed by atoms with E-state index in [1.165, 1.54) is 7.11 Å². The summed E-state index contributed by atoms with van der Waals surface area (Å²) in [5.74, 6) is 0.539. The first-order valence-corrected chi connectivity index (χ1v) is 6.69. The molecule has 3 nitrogen and oxygen atoms in total. The summed E-state index contributed by atoms with van der Waals surface area (Å²) in [6.45, 7) is 5.24. The molecule has 5 heteroatoms. The van der Waals surface area contributed by atoms with Gasteiger partial charge in [0.25, 0.3) is 9.05 Å². The van der Waals surface area contributed by atoms with Gasteiger partial charge in [0.2, 0.25) is 0 Å². The first-order valence-electron chi connectivity index (χ1n) is 4.38. The maximum atomic E-state index is 11.4. The highest BCUT2D eigenvalue weighted by Gasteiger charge is 2.20. The summed E-state index contributed by atoms with van der Waals surface area (Å²) in [7, 11) is 3.16. The van der Waals surface area contributed by atoms with Crippen molar-refractivity contribution in [3.8, 4) is 5.75 Å². The summed E-state index contributed by atoms with van der Waals surface area (Å²) >= 11 is 0. The van der Waals surface area contributed by atoms with Crippen LogP contribution in [0.25, 0.3) is 0 Å². The van der Waals surface area contributed by atoms with E-state index in [0.717, 1.165) is 5.56 Å². The van der Waals surface area contributed by atoms with Crippen LogP contribution in [0.5, 0.6) is 5.75 Å². The topological polar surface area (TPSA) is 43.4 Å². The van der Waals surface area contributed by atoms with Gasteiger partial charge in [-0.05, 0) is 38.0 Å². The third-order valence-electron chi connectivity index (χ3n) is 2.45. The molecule has 0 aliphatic rings. The van der Waals surface area contributed by atoms with E-state index < -0.39 is 9.05 Å². The zero-order chi connectivity index (χ0) is 11.8. The molecular formula is C10H13ClO3S. The van der Waals surface area contributed by atoms with Crippen LogP contribution in [-0.4, -0.2) is 15.5 Å². The molecule has 0 aromatic heterocycles. The number of benzene rings is 1. The molecule has 0 fully saturated rings. The molecule has 0 N–H and O–H groups in total. The minimum atomic E-state index is -3.73. The Morgan fingerprint density at radius 1 is 1.20 bits per heavy atom. The predicted octanol–water partition coefficient (Wildman–Crippen LogP) is 2.55. The van der Waals surface area contributed by atoms with E-state index in [1.807, 2.05) is 6.92 Å². The maximum absolute atomic E-state index is 11.4. The van der Waals surface area contributed by atoms with E-state index in [9.17, 15) is 8.42 Å². The van der Waals surface area contributed by atoms with Crippen molar-refractivity contribution in [3.05, 3.63) is 22.8 Å². The lowest BCUT2D eigenvalue weighted by atomic mass is 10.1. The summed E-state index contributed by atoms with van der Waals surface area (Å²) in [4.78, 5) is 0.154. The van der Waals surface area contributed by atoms with Gasteiger partial charge in [-0.15, -0.1) is 0 Å². The molecule has 1 aromatic carbocycles. The van der Waals surface area contributed by atoms with Gasteiger partial charge in [-0.3, -0.25) is 0 Å². The largest absolute Gasteiger partial charge is 0.496 e. The molecule has 0 aliphatic heterocycles. The van der Waals surface area contributed by atoms with Crippen LogP contribution in [0.15, 0.2) is 11.0 Å². The number of ether oxygens (including phenoxy) is 1. The van der Waals surface area contributed by atoms with Crippen molar-refractivity contribution < 1.29 is 13.2 Å². The van der Waals surface area contributed by atoms with E-state index in [2.05, 4.69) is 0 Å². The van der Waals surface area contributed by atoms with E-state index in [0.29, 0.717) is 16.9 Å². The molecular weight excluding hydrogens is 236 g/mol. The van der Waals surface area contributed by atoms with Gasteiger partial charge >= 0.3 is 0 Å². The molecule has 0 atom stereocenters. The normalized spacial score (nSPS) is 11.5. The second-order valence-corrected chi connectivity index (χ2v) is 5.92. The van der Waals surface area contributed by atoms with Crippen molar-refractivity contribution in [3.63, 3.8) is 0 Å². The van der Waals surface area contributed by atoms with E-state index in [-0.39, 0.29) is 4.90 Å². The Morgan fingerprint density at radius 2 is 1.73 bits per heavy atom. The third kappa shape index (κ3) is 2.26. The van der Waals surface area contributed by atoms with Gasteiger partial charge < -0.3 is 4.74 Å². The van der Waals surface area contributed by atoms with Crippen molar-refractivity contribution in [1.29, 1.82) is 0 Å². The summed E-state index contributed by atoms with van der Waals surface area (Å²) < 4.78 is 27.9. The Labute approximate surface area is 94.4 Å². The molecule has 0 bridgehead atoms. The maximum Gasteiger partial charge on any atom is 0.261 e. The average Bonchev–Trinajstić information content (AvgIpc) is 2.09. The third-order valence-corrected chi connectivity index (χ3v) is 4.02. The van der Waals surface area contributed by atoms with Crippen LogP contribution in [0, 0.1) is 20.8 Å². The van der Waals surface area contributed by atoms with Gasteiger partial charge in [-0.2, -0.15) is 0 Å². The van der Waals surface area contributed by atoms with Crippen molar-refractivity contribution in [2.24, 2.45) is 0 Å². The van der Waals surface area contributed by atoms with Gasteiger partial charge in [0.15, 0.2) is 0 Å². The summed E-state index contributed by atoms with van der Waals surface area (Å²) in [6, 6.07) is 1.80. The van der Waals surface area contributed by atoms with Gasteiger partial charge in [0.1, 0.15) is 5.75 Å². The lowest BCUT2D eigenvalue weighted by molar-refractivity contribution is 0.409. The molecule has 0 saturated carbocycles. The number of hydrogen-bond donors (Lipinski definition) is 0. The fraction of sp³-hybridized carbons (Fsp3) is 0.400. The second kappa shape index (κ2) is 4.02. The fourth-order valence-electron chi connectivity index (χ4n) is 1.56. The van der Waals surface area contributed by atoms with Crippen LogP contribution in [0.1, 0.15) is 16.7 Å². The van der Waals surface area contributed by atoms with Gasteiger partial charge in [-0.1, -0.05) is 0 Å². The summed E-state index contributed by atoms with van der Waals surface area (Å²) in [5, 5.41) is 0. The minimum absolute atomic E-state index is 0.154. The zero-order valence-electron chi connectivity index (χ0n) is 9.09. The number of aryl methyl sites for hydroxylation is 1. The quantitative estimate of drug-likeness (QED) is 0.756. The standard InChI is InChI=1S/C10H13ClO3S/c1-6-5-9(14-4)8(3)10(7(6)2)15(11,12)13/h5H,1-4H3. The molecule has 0 saturated heterocycles. The first-order chi connectivity index (χ1) is 6.79.